The lowest BCUT2D eigenvalue weighted by molar-refractivity contribution is -0.130. The normalized spacial score (nSPS) is 21.2. The van der Waals surface area contributed by atoms with Gasteiger partial charge in [0.1, 0.15) is 0 Å². The van der Waals surface area contributed by atoms with Gasteiger partial charge >= 0.3 is 0 Å². The van der Waals surface area contributed by atoms with Crippen molar-refractivity contribution in [2.45, 2.75) is 45.1 Å². The molecule has 0 aromatic carbocycles. The Bertz CT molecular complexity index is 915. The van der Waals surface area contributed by atoms with Crippen molar-refractivity contribution in [2.75, 3.05) is 40.3 Å². The van der Waals surface area contributed by atoms with Crippen LogP contribution in [0, 0.1) is 5.41 Å². The van der Waals surface area contributed by atoms with Crippen LogP contribution in [0.2, 0.25) is 0 Å². The Balaban J connectivity index is 1.50. The molecule has 2 saturated heterocycles. The number of amides is 2. The standard InChI is InChI=1S/C22H31N5O3S/c1-15(2)19-23-24-20(30-19)17-11-22(14-27(17)12-18(28)25(3)4)6-8-26(9-7-22)21(29)16-5-10-31-13-16/h5,10,13,15,17H,6-9,11-12,14H2,1-4H3. The average Bonchev–Trinajstić information content (AvgIpc) is 3.48. The van der Waals surface area contributed by atoms with Gasteiger partial charge in [0.2, 0.25) is 17.7 Å². The number of rotatable bonds is 5. The number of likely N-dealkylation sites (tertiary alicyclic amines) is 2. The predicted octanol–water partition coefficient (Wildman–Crippen LogP) is 3.01. The van der Waals surface area contributed by atoms with Gasteiger partial charge in [-0.05, 0) is 36.1 Å². The van der Waals surface area contributed by atoms with E-state index in [9.17, 15) is 9.59 Å². The van der Waals surface area contributed by atoms with Crippen molar-refractivity contribution in [3.05, 3.63) is 34.2 Å². The molecule has 1 atom stereocenters. The van der Waals surface area contributed by atoms with Crippen molar-refractivity contribution in [2.24, 2.45) is 5.41 Å². The van der Waals surface area contributed by atoms with Crippen LogP contribution in [0.25, 0.3) is 0 Å². The average molecular weight is 446 g/mol. The molecule has 0 bridgehead atoms. The molecule has 31 heavy (non-hydrogen) atoms. The van der Waals surface area contributed by atoms with Crippen molar-refractivity contribution in [3.8, 4) is 0 Å². The van der Waals surface area contributed by atoms with Crippen molar-refractivity contribution in [1.29, 1.82) is 0 Å². The molecule has 0 N–H and O–H groups in total. The van der Waals surface area contributed by atoms with E-state index in [2.05, 4.69) is 15.1 Å². The van der Waals surface area contributed by atoms with Crippen LogP contribution in [0.15, 0.2) is 21.2 Å². The number of aromatic nitrogens is 2. The first-order chi connectivity index (χ1) is 14.8. The van der Waals surface area contributed by atoms with Crippen molar-refractivity contribution in [1.82, 2.24) is 24.9 Å². The lowest BCUT2D eigenvalue weighted by Gasteiger charge is -2.39. The van der Waals surface area contributed by atoms with E-state index < -0.39 is 0 Å². The molecule has 9 heteroatoms. The Kier molecular flexibility index (Phi) is 6.16. The van der Waals surface area contributed by atoms with E-state index in [1.165, 1.54) is 0 Å². The third kappa shape index (κ3) is 4.52. The third-order valence-corrected chi connectivity index (χ3v) is 7.24. The number of hydrogen-bond acceptors (Lipinski definition) is 7. The molecule has 2 aliphatic rings. The van der Waals surface area contributed by atoms with Crippen molar-refractivity contribution >= 4 is 23.2 Å². The minimum Gasteiger partial charge on any atom is -0.423 e. The van der Waals surface area contributed by atoms with Gasteiger partial charge in [0.15, 0.2) is 0 Å². The Hall–Kier alpha value is -2.26. The summed E-state index contributed by atoms with van der Waals surface area (Å²) >= 11 is 1.55. The summed E-state index contributed by atoms with van der Waals surface area (Å²) in [6, 6.07) is 1.82. The molecular formula is C22H31N5O3S. The first kappa shape index (κ1) is 22.0. The minimum absolute atomic E-state index is 0.0507. The quantitative estimate of drug-likeness (QED) is 0.704. The second-order valence-corrected chi connectivity index (χ2v) is 10.1. The van der Waals surface area contributed by atoms with Crippen LogP contribution in [0.3, 0.4) is 0 Å². The van der Waals surface area contributed by atoms with Crippen LogP contribution in [0.1, 0.15) is 67.2 Å². The fraction of sp³-hybridized carbons (Fsp3) is 0.636. The summed E-state index contributed by atoms with van der Waals surface area (Å²) in [4.78, 5) is 31.0. The molecule has 2 amide bonds. The molecule has 0 radical (unpaired) electrons. The smallest absolute Gasteiger partial charge is 0.254 e. The number of nitrogens with zero attached hydrogens (tertiary/aromatic N) is 5. The first-order valence-electron chi connectivity index (χ1n) is 10.9. The zero-order chi connectivity index (χ0) is 22.2. The SMILES string of the molecule is CC(C)c1nnc(C2CC3(CCN(C(=O)c4ccsc4)CC3)CN2CC(=O)N(C)C)o1. The second kappa shape index (κ2) is 8.70. The van der Waals surface area contributed by atoms with Gasteiger partial charge < -0.3 is 14.2 Å². The molecular weight excluding hydrogens is 414 g/mol. The predicted molar refractivity (Wildman–Crippen MR) is 118 cm³/mol. The monoisotopic (exact) mass is 445 g/mol. The van der Waals surface area contributed by atoms with Crippen molar-refractivity contribution in [3.63, 3.8) is 0 Å². The van der Waals surface area contributed by atoms with Crippen molar-refractivity contribution < 1.29 is 14.0 Å². The van der Waals surface area contributed by atoms with E-state index in [0.717, 1.165) is 44.5 Å². The maximum absolute atomic E-state index is 12.7. The van der Waals surface area contributed by atoms with Gasteiger partial charge in [0.25, 0.3) is 5.91 Å². The third-order valence-electron chi connectivity index (χ3n) is 6.56. The minimum atomic E-state index is -0.0666. The molecule has 2 fully saturated rings. The molecule has 2 aromatic heterocycles. The number of carbonyl (C=O) groups is 2. The maximum Gasteiger partial charge on any atom is 0.254 e. The van der Waals surface area contributed by atoms with E-state index in [-0.39, 0.29) is 29.2 Å². The van der Waals surface area contributed by atoms with E-state index in [0.29, 0.717) is 18.3 Å². The fourth-order valence-corrected chi connectivity index (χ4v) is 5.23. The molecule has 4 heterocycles. The Morgan fingerprint density at radius 3 is 2.61 bits per heavy atom. The van der Waals surface area contributed by atoms with Crippen LogP contribution in [0.4, 0.5) is 0 Å². The summed E-state index contributed by atoms with van der Waals surface area (Å²) in [6.07, 6.45) is 2.70. The summed E-state index contributed by atoms with van der Waals surface area (Å²) in [5.74, 6) is 1.58. The van der Waals surface area contributed by atoms with Crippen LogP contribution in [-0.4, -0.2) is 77.0 Å². The summed E-state index contributed by atoms with van der Waals surface area (Å²) in [7, 11) is 3.56. The summed E-state index contributed by atoms with van der Waals surface area (Å²) in [5, 5.41) is 12.4. The summed E-state index contributed by atoms with van der Waals surface area (Å²) < 4.78 is 5.99. The molecule has 2 aliphatic heterocycles. The van der Waals surface area contributed by atoms with E-state index in [1.807, 2.05) is 35.6 Å². The lowest BCUT2D eigenvalue weighted by atomic mass is 9.76. The van der Waals surface area contributed by atoms with Gasteiger partial charge in [0, 0.05) is 45.0 Å². The molecule has 1 spiro atoms. The lowest BCUT2D eigenvalue weighted by Crippen LogP contribution is -2.44. The molecule has 4 rings (SSSR count). The Morgan fingerprint density at radius 1 is 1.29 bits per heavy atom. The van der Waals surface area contributed by atoms with Crippen LogP contribution >= 0.6 is 11.3 Å². The summed E-state index contributed by atoms with van der Waals surface area (Å²) in [5.41, 5.74) is 0.824. The number of likely N-dealkylation sites (N-methyl/N-ethyl adjacent to an activating group) is 1. The Morgan fingerprint density at radius 2 is 2.03 bits per heavy atom. The molecule has 1 unspecified atom stereocenters. The second-order valence-electron chi connectivity index (χ2n) is 9.35. The highest BCUT2D eigenvalue weighted by Crippen LogP contribution is 2.49. The van der Waals surface area contributed by atoms with E-state index in [1.54, 1.807) is 30.3 Å². The maximum atomic E-state index is 12.7. The van der Waals surface area contributed by atoms with E-state index >= 15 is 0 Å². The van der Waals surface area contributed by atoms with Gasteiger partial charge in [-0.3, -0.25) is 14.5 Å². The zero-order valence-electron chi connectivity index (χ0n) is 18.7. The van der Waals surface area contributed by atoms with Gasteiger partial charge in [-0.2, -0.15) is 11.3 Å². The molecule has 0 aliphatic carbocycles. The highest BCUT2D eigenvalue weighted by molar-refractivity contribution is 7.08. The van der Waals surface area contributed by atoms with Gasteiger partial charge in [-0.1, -0.05) is 13.8 Å². The highest BCUT2D eigenvalue weighted by Gasteiger charge is 2.48. The number of thiophene rings is 1. The molecule has 168 valence electrons. The largest absolute Gasteiger partial charge is 0.423 e. The van der Waals surface area contributed by atoms with E-state index in [4.69, 9.17) is 4.42 Å². The van der Waals surface area contributed by atoms with Gasteiger partial charge in [0.05, 0.1) is 18.2 Å². The van der Waals surface area contributed by atoms with Crippen LogP contribution < -0.4 is 0 Å². The first-order valence-corrected chi connectivity index (χ1v) is 11.8. The van der Waals surface area contributed by atoms with Crippen LogP contribution in [-0.2, 0) is 4.79 Å². The molecule has 8 nitrogen and oxygen atoms in total. The topological polar surface area (TPSA) is 82.8 Å². The van der Waals surface area contributed by atoms with Gasteiger partial charge in [-0.15, -0.1) is 10.2 Å². The van der Waals surface area contributed by atoms with Crippen LogP contribution in [0.5, 0.6) is 0 Å². The number of carbonyl (C=O) groups excluding carboxylic acids is 2. The Labute approximate surface area is 187 Å². The molecule has 0 saturated carbocycles. The zero-order valence-corrected chi connectivity index (χ0v) is 19.5. The molecule has 2 aromatic rings. The number of piperidine rings is 1. The highest BCUT2D eigenvalue weighted by atomic mass is 32.1. The fourth-order valence-electron chi connectivity index (χ4n) is 4.60. The summed E-state index contributed by atoms with van der Waals surface area (Å²) in [6.45, 7) is 6.66. The van der Waals surface area contributed by atoms with Gasteiger partial charge in [-0.25, -0.2) is 0 Å². The number of hydrogen-bond donors (Lipinski definition) is 0.